The maximum atomic E-state index is 9.61. The van der Waals surface area contributed by atoms with E-state index >= 15 is 0 Å². The van der Waals surface area contributed by atoms with Gasteiger partial charge in [0.15, 0.2) is 0 Å². The third-order valence-electron chi connectivity index (χ3n) is 2.60. The number of hydrogen-bond acceptors (Lipinski definition) is 2. The Morgan fingerprint density at radius 3 is 2.36 bits per heavy atom. The fraction of sp³-hybridized carbons (Fsp3) is 1.00. The van der Waals surface area contributed by atoms with Crippen molar-refractivity contribution < 1.29 is 5.11 Å². The number of rotatable bonds is 1. The van der Waals surface area contributed by atoms with Gasteiger partial charge in [-0.3, -0.25) is 0 Å². The van der Waals surface area contributed by atoms with Gasteiger partial charge < -0.3 is 10.4 Å². The van der Waals surface area contributed by atoms with Crippen molar-refractivity contribution >= 4 is 0 Å². The largest absolute Gasteiger partial charge is 0.392 e. The first-order chi connectivity index (χ1) is 5.34. The van der Waals surface area contributed by atoms with Crippen molar-refractivity contribution in [2.45, 2.75) is 50.7 Å². The molecule has 1 aliphatic carbocycles. The number of aliphatic hydroxyl groups excluding tert-OH is 1. The molecule has 0 spiro atoms. The van der Waals surface area contributed by atoms with E-state index in [1.165, 1.54) is 25.7 Å². The Bertz CT molecular complexity index is 106. The van der Waals surface area contributed by atoms with Crippen molar-refractivity contribution in [3.8, 4) is 0 Å². The highest BCUT2D eigenvalue weighted by Crippen LogP contribution is 2.17. The molecule has 0 aromatic rings. The molecule has 66 valence electrons. The molecule has 0 aliphatic heterocycles. The molecule has 2 heteroatoms. The van der Waals surface area contributed by atoms with Crippen LogP contribution in [-0.4, -0.2) is 24.3 Å². The topological polar surface area (TPSA) is 32.3 Å². The summed E-state index contributed by atoms with van der Waals surface area (Å²) < 4.78 is 0. The zero-order chi connectivity index (χ0) is 8.10. The van der Waals surface area contributed by atoms with Gasteiger partial charge in [0, 0.05) is 6.04 Å². The van der Waals surface area contributed by atoms with Crippen LogP contribution in [-0.2, 0) is 0 Å². The van der Waals surface area contributed by atoms with E-state index in [2.05, 4.69) is 5.32 Å². The molecule has 0 unspecified atom stereocenters. The Balaban J connectivity index is 2.33. The zero-order valence-electron chi connectivity index (χ0n) is 7.34. The Morgan fingerprint density at radius 2 is 1.73 bits per heavy atom. The summed E-state index contributed by atoms with van der Waals surface area (Å²) in [5.74, 6) is 0. The highest BCUT2D eigenvalue weighted by Gasteiger charge is 2.17. The van der Waals surface area contributed by atoms with Crippen LogP contribution >= 0.6 is 0 Å². The monoisotopic (exact) mass is 157 g/mol. The van der Waals surface area contributed by atoms with Crippen LogP contribution in [0.25, 0.3) is 0 Å². The summed E-state index contributed by atoms with van der Waals surface area (Å²) in [5, 5.41) is 12.8. The maximum Gasteiger partial charge on any atom is 0.0693 e. The second-order valence-electron chi connectivity index (χ2n) is 3.45. The minimum absolute atomic E-state index is 0.111. The predicted octanol–water partition coefficient (Wildman–Crippen LogP) is 1.29. The lowest BCUT2D eigenvalue weighted by Crippen LogP contribution is -2.38. The molecule has 0 aromatic heterocycles. The van der Waals surface area contributed by atoms with Gasteiger partial charge in [-0.2, -0.15) is 0 Å². The van der Waals surface area contributed by atoms with Crippen LogP contribution in [0.3, 0.4) is 0 Å². The predicted molar refractivity (Wildman–Crippen MR) is 46.6 cm³/mol. The average Bonchev–Trinajstić information content (AvgIpc) is 1.98. The second kappa shape index (κ2) is 4.73. The number of likely N-dealkylation sites (N-methyl/N-ethyl adjacent to an activating group) is 1. The van der Waals surface area contributed by atoms with Crippen LogP contribution in [0, 0.1) is 0 Å². The van der Waals surface area contributed by atoms with Crippen molar-refractivity contribution in [1.29, 1.82) is 0 Å². The summed E-state index contributed by atoms with van der Waals surface area (Å²) >= 11 is 0. The summed E-state index contributed by atoms with van der Waals surface area (Å²) in [7, 11) is 1.94. The molecule has 0 amide bonds. The van der Waals surface area contributed by atoms with E-state index in [1.54, 1.807) is 0 Å². The van der Waals surface area contributed by atoms with Crippen molar-refractivity contribution in [3.63, 3.8) is 0 Å². The normalized spacial score (nSPS) is 34.4. The molecule has 0 radical (unpaired) electrons. The van der Waals surface area contributed by atoms with Crippen LogP contribution in [0.1, 0.15) is 38.5 Å². The Morgan fingerprint density at radius 1 is 1.09 bits per heavy atom. The standard InChI is InChI=1S/C9H19NO/c1-10-8-6-4-2-3-5-7-9(8)11/h8-11H,2-7H2,1H3/t8-,9-/m1/s1. The van der Waals surface area contributed by atoms with Gasteiger partial charge in [-0.1, -0.05) is 25.7 Å². The average molecular weight is 157 g/mol. The van der Waals surface area contributed by atoms with Crippen molar-refractivity contribution in [2.75, 3.05) is 7.05 Å². The second-order valence-corrected chi connectivity index (χ2v) is 3.45. The third-order valence-corrected chi connectivity index (χ3v) is 2.60. The van der Waals surface area contributed by atoms with E-state index in [-0.39, 0.29) is 6.10 Å². The molecular formula is C9H19NO. The van der Waals surface area contributed by atoms with Crippen molar-refractivity contribution in [2.24, 2.45) is 0 Å². The maximum absolute atomic E-state index is 9.61. The van der Waals surface area contributed by atoms with E-state index in [9.17, 15) is 5.11 Å². The molecule has 11 heavy (non-hydrogen) atoms. The van der Waals surface area contributed by atoms with E-state index in [0.717, 1.165) is 12.8 Å². The van der Waals surface area contributed by atoms with Gasteiger partial charge in [0.2, 0.25) is 0 Å². The fourth-order valence-corrected chi connectivity index (χ4v) is 1.80. The van der Waals surface area contributed by atoms with Crippen LogP contribution in [0.2, 0.25) is 0 Å². The molecule has 0 heterocycles. The molecule has 1 aliphatic rings. The quantitative estimate of drug-likeness (QED) is 0.601. The number of nitrogens with one attached hydrogen (secondary N) is 1. The number of hydrogen-bond donors (Lipinski definition) is 2. The van der Waals surface area contributed by atoms with Gasteiger partial charge >= 0.3 is 0 Å². The van der Waals surface area contributed by atoms with E-state index in [4.69, 9.17) is 0 Å². The van der Waals surface area contributed by atoms with Gasteiger partial charge in [0.25, 0.3) is 0 Å². The van der Waals surface area contributed by atoms with E-state index < -0.39 is 0 Å². The highest BCUT2D eigenvalue weighted by atomic mass is 16.3. The summed E-state index contributed by atoms with van der Waals surface area (Å²) in [6, 6.07) is 0.343. The molecular weight excluding hydrogens is 138 g/mol. The van der Waals surface area contributed by atoms with Crippen LogP contribution < -0.4 is 5.32 Å². The molecule has 2 atom stereocenters. The molecule has 1 saturated carbocycles. The highest BCUT2D eigenvalue weighted by molar-refractivity contribution is 4.76. The van der Waals surface area contributed by atoms with Crippen molar-refractivity contribution in [3.05, 3.63) is 0 Å². The van der Waals surface area contributed by atoms with Crippen LogP contribution in [0.15, 0.2) is 0 Å². The summed E-state index contributed by atoms with van der Waals surface area (Å²) in [4.78, 5) is 0. The molecule has 2 N–H and O–H groups in total. The first-order valence-corrected chi connectivity index (χ1v) is 4.70. The van der Waals surface area contributed by atoms with Crippen LogP contribution in [0.5, 0.6) is 0 Å². The van der Waals surface area contributed by atoms with Gasteiger partial charge in [0.05, 0.1) is 6.10 Å². The molecule has 1 fully saturated rings. The summed E-state index contributed by atoms with van der Waals surface area (Å²) in [6.07, 6.45) is 7.10. The van der Waals surface area contributed by atoms with Crippen LogP contribution in [0.4, 0.5) is 0 Å². The molecule has 2 nitrogen and oxygen atoms in total. The first kappa shape index (κ1) is 9.01. The summed E-state index contributed by atoms with van der Waals surface area (Å²) in [6.45, 7) is 0. The number of aliphatic hydroxyl groups is 1. The SMILES string of the molecule is CN[C@@H]1CCCCCC[C@H]1O. The van der Waals surface area contributed by atoms with Gasteiger partial charge in [-0.25, -0.2) is 0 Å². The Labute approximate surface area is 69.0 Å². The molecule has 0 aromatic carbocycles. The molecule has 1 rings (SSSR count). The zero-order valence-corrected chi connectivity index (χ0v) is 7.34. The molecule has 0 saturated heterocycles. The van der Waals surface area contributed by atoms with Crippen molar-refractivity contribution in [1.82, 2.24) is 5.32 Å². The lowest BCUT2D eigenvalue weighted by molar-refractivity contribution is 0.107. The lowest BCUT2D eigenvalue weighted by Gasteiger charge is -2.24. The smallest absolute Gasteiger partial charge is 0.0693 e. The fourth-order valence-electron chi connectivity index (χ4n) is 1.80. The Hall–Kier alpha value is -0.0800. The van der Waals surface area contributed by atoms with E-state index in [1.807, 2.05) is 7.05 Å². The first-order valence-electron chi connectivity index (χ1n) is 4.70. The minimum Gasteiger partial charge on any atom is -0.392 e. The van der Waals surface area contributed by atoms with Gasteiger partial charge in [-0.15, -0.1) is 0 Å². The minimum atomic E-state index is -0.111. The third kappa shape index (κ3) is 2.80. The van der Waals surface area contributed by atoms with E-state index in [0.29, 0.717) is 6.04 Å². The van der Waals surface area contributed by atoms with Gasteiger partial charge in [-0.05, 0) is 19.9 Å². The Kier molecular flexibility index (Phi) is 3.87. The summed E-state index contributed by atoms with van der Waals surface area (Å²) in [5.41, 5.74) is 0. The lowest BCUT2D eigenvalue weighted by atomic mass is 9.94. The molecule has 0 bridgehead atoms. The van der Waals surface area contributed by atoms with Gasteiger partial charge in [0.1, 0.15) is 0 Å².